The lowest BCUT2D eigenvalue weighted by molar-refractivity contribution is -0.0119. The van der Waals surface area contributed by atoms with Gasteiger partial charge in [-0.05, 0) is 37.3 Å². The van der Waals surface area contributed by atoms with Crippen molar-refractivity contribution in [2.75, 3.05) is 13.2 Å². The molecule has 0 amide bonds. The van der Waals surface area contributed by atoms with Crippen molar-refractivity contribution in [3.63, 3.8) is 0 Å². The Balaban J connectivity index is 1.94. The van der Waals surface area contributed by atoms with Crippen LogP contribution in [0.15, 0.2) is 12.1 Å². The zero-order valence-corrected chi connectivity index (χ0v) is 11.6. The van der Waals surface area contributed by atoms with Gasteiger partial charge in [-0.25, -0.2) is 4.98 Å². The Morgan fingerprint density at radius 2 is 2.33 bits per heavy atom. The molecule has 0 aromatic carbocycles. The number of ether oxygens (including phenoxy) is 2. The van der Waals surface area contributed by atoms with Crippen molar-refractivity contribution < 1.29 is 9.47 Å². The Labute approximate surface area is 113 Å². The molecule has 1 fully saturated rings. The van der Waals surface area contributed by atoms with Gasteiger partial charge in [0.1, 0.15) is 6.61 Å². The highest BCUT2D eigenvalue weighted by atomic mass is 35.5. The van der Waals surface area contributed by atoms with E-state index in [1.807, 2.05) is 12.1 Å². The van der Waals surface area contributed by atoms with Gasteiger partial charge in [0.05, 0.1) is 6.10 Å². The minimum Gasteiger partial charge on any atom is -0.475 e. The normalized spacial score (nSPS) is 19.8. The molecule has 2 rings (SSSR count). The molecule has 1 atom stereocenters. The van der Waals surface area contributed by atoms with Crippen molar-refractivity contribution in [1.29, 1.82) is 0 Å². The standard InChI is InChI=1S/C14H20ClNO2/c1-2-12-7-11(9-15)8-14(16-12)18-10-13-5-3-4-6-17-13/h7-8,13H,2-6,9-10H2,1H3. The first-order valence-electron chi connectivity index (χ1n) is 6.62. The first kappa shape index (κ1) is 13.6. The Morgan fingerprint density at radius 3 is 3.00 bits per heavy atom. The van der Waals surface area contributed by atoms with Gasteiger partial charge >= 0.3 is 0 Å². The average Bonchev–Trinajstić information content (AvgIpc) is 2.45. The Kier molecular flexibility index (Phi) is 5.26. The van der Waals surface area contributed by atoms with Crippen LogP contribution in [-0.4, -0.2) is 24.3 Å². The van der Waals surface area contributed by atoms with E-state index in [1.165, 1.54) is 6.42 Å². The third-order valence-corrected chi connectivity index (χ3v) is 3.43. The summed E-state index contributed by atoms with van der Waals surface area (Å²) >= 11 is 5.87. The summed E-state index contributed by atoms with van der Waals surface area (Å²) in [6.07, 6.45) is 4.57. The van der Waals surface area contributed by atoms with Crippen LogP contribution < -0.4 is 4.74 Å². The smallest absolute Gasteiger partial charge is 0.213 e. The van der Waals surface area contributed by atoms with Crippen LogP contribution in [0.3, 0.4) is 0 Å². The van der Waals surface area contributed by atoms with Crippen molar-refractivity contribution in [3.8, 4) is 5.88 Å². The molecular weight excluding hydrogens is 250 g/mol. The maximum atomic E-state index is 5.87. The number of aryl methyl sites for hydroxylation is 1. The summed E-state index contributed by atoms with van der Waals surface area (Å²) in [6, 6.07) is 3.94. The van der Waals surface area contributed by atoms with Crippen LogP contribution in [0.4, 0.5) is 0 Å². The van der Waals surface area contributed by atoms with Crippen molar-refractivity contribution in [3.05, 3.63) is 23.4 Å². The van der Waals surface area contributed by atoms with Gasteiger partial charge in [-0.3, -0.25) is 0 Å². The van der Waals surface area contributed by atoms with Crippen LogP contribution in [0.25, 0.3) is 0 Å². The Hall–Kier alpha value is -0.800. The Bertz CT molecular complexity index is 356. The second-order valence-electron chi connectivity index (χ2n) is 4.59. The number of nitrogens with zero attached hydrogens (tertiary/aromatic N) is 1. The molecule has 1 saturated heterocycles. The molecule has 100 valence electrons. The molecule has 18 heavy (non-hydrogen) atoms. The number of rotatable bonds is 5. The van der Waals surface area contributed by atoms with Crippen LogP contribution in [0.2, 0.25) is 0 Å². The zero-order valence-electron chi connectivity index (χ0n) is 10.8. The van der Waals surface area contributed by atoms with Crippen LogP contribution in [-0.2, 0) is 17.0 Å². The van der Waals surface area contributed by atoms with E-state index in [-0.39, 0.29) is 6.10 Å². The molecule has 1 aliphatic rings. The third kappa shape index (κ3) is 3.85. The molecule has 4 heteroatoms. The predicted octanol–water partition coefficient (Wildman–Crippen LogP) is 3.33. The van der Waals surface area contributed by atoms with Gasteiger partial charge < -0.3 is 9.47 Å². The highest BCUT2D eigenvalue weighted by Gasteiger charge is 2.15. The first-order valence-corrected chi connectivity index (χ1v) is 7.15. The fraction of sp³-hybridized carbons (Fsp3) is 0.643. The van der Waals surface area contributed by atoms with Crippen molar-refractivity contribution in [2.24, 2.45) is 0 Å². The lowest BCUT2D eigenvalue weighted by atomic mass is 10.1. The van der Waals surface area contributed by atoms with E-state index >= 15 is 0 Å². The number of alkyl halides is 1. The molecule has 1 aliphatic heterocycles. The summed E-state index contributed by atoms with van der Waals surface area (Å²) in [5.74, 6) is 1.16. The van der Waals surface area contributed by atoms with Crippen molar-refractivity contribution >= 4 is 11.6 Å². The maximum Gasteiger partial charge on any atom is 0.213 e. The summed E-state index contributed by atoms with van der Waals surface area (Å²) in [7, 11) is 0. The van der Waals surface area contributed by atoms with Crippen LogP contribution >= 0.6 is 11.6 Å². The largest absolute Gasteiger partial charge is 0.475 e. The molecular formula is C14H20ClNO2. The highest BCUT2D eigenvalue weighted by Crippen LogP contribution is 2.18. The van der Waals surface area contributed by atoms with Gasteiger partial charge in [0, 0.05) is 24.2 Å². The summed E-state index contributed by atoms with van der Waals surface area (Å²) in [5, 5.41) is 0. The summed E-state index contributed by atoms with van der Waals surface area (Å²) in [5.41, 5.74) is 2.08. The first-order chi connectivity index (χ1) is 8.81. The molecule has 2 heterocycles. The van der Waals surface area contributed by atoms with E-state index in [0.29, 0.717) is 18.4 Å². The van der Waals surface area contributed by atoms with Crippen molar-refractivity contribution in [1.82, 2.24) is 4.98 Å². The lowest BCUT2D eigenvalue weighted by Gasteiger charge is -2.22. The van der Waals surface area contributed by atoms with Crippen LogP contribution in [0, 0.1) is 0 Å². The van der Waals surface area contributed by atoms with Gasteiger partial charge in [0.25, 0.3) is 0 Å². The number of aromatic nitrogens is 1. The number of halogens is 1. The van der Waals surface area contributed by atoms with Gasteiger partial charge in [0.2, 0.25) is 5.88 Å². The van der Waals surface area contributed by atoms with E-state index < -0.39 is 0 Å². The fourth-order valence-corrected chi connectivity index (χ4v) is 2.22. The van der Waals surface area contributed by atoms with Crippen LogP contribution in [0.5, 0.6) is 5.88 Å². The molecule has 0 aliphatic carbocycles. The molecule has 1 unspecified atom stereocenters. The van der Waals surface area contributed by atoms with E-state index in [2.05, 4.69) is 11.9 Å². The monoisotopic (exact) mass is 269 g/mol. The van der Waals surface area contributed by atoms with Gasteiger partial charge in [-0.15, -0.1) is 11.6 Å². The lowest BCUT2D eigenvalue weighted by Crippen LogP contribution is -2.26. The Morgan fingerprint density at radius 1 is 1.44 bits per heavy atom. The van der Waals surface area contributed by atoms with Gasteiger partial charge in [-0.1, -0.05) is 6.92 Å². The molecule has 1 aromatic heterocycles. The molecule has 0 N–H and O–H groups in total. The van der Waals surface area contributed by atoms with Crippen molar-refractivity contribution in [2.45, 2.75) is 44.6 Å². The summed E-state index contributed by atoms with van der Waals surface area (Å²) < 4.78 is 11.4. The maximum absolute atomic E-state index is 5.87. The number of hydrogen-bond donors (Lipinski definition) is 0. The van der Waals surface area contributed by atoms with E-state index in [1.54, 1.807) is 0 Å². The van der Waals surface area contributed by atoms with E-state index in [0.717, 1.165) is 37.1 Å². The fourth-order valence-electron chi connectivity index (χ4n) is 2.07. The minimum atomic E-state index is 0.213. The second-order valence-corrected chi connectivity index (χ2v) is 4.86. The molecule has 0 saturated carbocycles. The van der Waals surface area contributed by atoms with Gasteiger partial charge in [0.15, 0.2) is 0 Å². The SMILES string of the molecule is CCc1cc(CCl)cc(OCC2CCCCO2)n1. The van der Waals surface area contributed by atoms with Gasteiger partial charge in [-0.2, -0.15) is 0 Å². The van der Waals surface area contributed by atoms with E-state index in [4.69, 9.17) is 21.1 Å². The number of pyridine rings is 1. The molecule has 0 bridgehead atoms. The zero-order chi connectivity index (χ0) is 12.8. The highest BCUT2D eigenvalue weighted by molar-refractivity contribution is 6.17. The molecule has 3 nitrogen and oxygen atoms in total. The molecule has 1 aromatic rings. The second kappa shape index (κ2) is 6.95. The summed E-state index contributed by atoms with van der Waals surface area (Å²) in [4.78, 5) is 4.45. The predicted molar refractivity (Wildman–Crippen MR) is 72.3 cm³/mol. The summed E-state index contributed by atoms with van der Waals surface area (Å²) in [6.45, 7) is 3.51. The molecule has 0 spiro atoms. The number of hydrogen-bond acceptors (Lipinski definition) is 3. The van der Waals surface area contributed by atoms with Crippen LogP contribution in [0.1, 0.15) is 37.4 Å². The minimum absolute atomic E-state index is 0.213. The topological polar surface area (TPSA) is 31.4 Å². The third-order valence-electron chi connectivity index (χ3n) is 3.12. The van der Waals surface area contributed by atoms with E-state index in [9.17, 15) is 0 Å². The quantitative estimate of drug-likeness (QED) is 0.769. The average molecular weight is 270 g/mol. The molecule has 0 radical (unpaired) electrons.